The topological polar surface area (TPSA) is 100 Å². The molecule has 0 unspecified atom stereocenters. The van der Waals surface area contributed by atoms with Crippen LogP contribution in [0.25, 0.3) is 0 Å². The standard InChI is InChI=1S/C11H21N5O3S/c1-15-9-12-14-11(15)2-5-13-20(18,19)16-6-3-10(8-17)4-7-16/h9-10,13,17H,2-8H2,1H3. The predicted octanol–water partition coefficient (Wildman–Crippen LogP) is -1.10. The van der Waals surface area contributed by atoms with E-state index in [-0.39, 0.29) is 12.5 Å². The zero-order chi connectivity index (χ0) is 14.6. The minimum absolute atomic E-state index is 0.132. The van der Waals surface area contributed by atoms with Crippen molar-refractivity contribution in [2.24, 2.45) is 13.0 Å². The normalized spacial score (nSPS) is 18.5. The molecule has 20 heavy (non-hydrogen) atoms. The third-order valence-electron chi connectivity index (χ3n) is 3.61. The van der Waals surface area contributed by atoms with E-state index in [4.69, 9.17) is 5.11 Å². The van der Waals surface area contributed by atoms with Crippen molar-refractivity contribution >= 4 is 10.2 Å². The van der Waals surface area contributed by atoms with Crippen LogP contribution in [0.1, 0.15) is 18.7 Å². The second-order valence-corrected chi connectivity index (χ2v) is 6.79. The molecule has 1 aromatic heterocycles. The minimum Gasteiger partial charge on any atom is -0.396 e. The molecule has 8 nitrogen and oxygen atoms in total. The summed E-state index contributed by atoms with van der Waals surface area (Å²) < 4.78 is 30.0. The lowest BCUT2D eigenvalue weighted by molar-refractivity contribution is 0.169. The molecule has 0 saturated carbocycles. The Morgan fingerprint density at radius 1 is 1.45 bits per heavy atom. The zero-order valence-electron chi connectivity index (χ0n) is 11.6. The summed E-state index contributed by atoms with van der Waals surface area (Å²) >= 11 is 0. The molecular formula is C11H21N5O3S. The van der Waals surface area contributed by atoms with E-state index in [9.17, 15) is 8.42 Å². The number of aryl methyl sites for hydroxylation is 1. The summed E-state index contributed by atoms with van der Waals surface area (Å²) in [5.41, 5.74) is 0. The number of hydrogen-bond donors (Lipinski definition) is 2. The van der Waals surface area contributed by atoms with Crippen molar-refractivity contribution in [3.8, 4) is 0 Å². The van der Waals surface area contributed by atoms with Gasteiger partial charge in [0.2, 0.25) is 0 Å². The first-order valence-corrected chi connectivity index (χ1v) is 8.15. The average Bonchev–Trinajstić information content (AvgIpc) is 2.84. The van der Waals surface area contributed by atoms with Crippen molar-refractivity contribution in [1.82, 2.24) is 23.8 Å². The lowest BCUT2D eigenvalue weighted by atomic mass is 10.00. The number of aliphatic hydroxyl groups excluding tert-OH is 1. The molecule has 1 aromatic rings. The van der Waals surface area contributed by atoms with Crippen LogP contribution in [0.3, 0.4) is 0 Å². The molecule has 0 amide bonds. The van der Waals surface area contributed by atoms with Gasteiger partial charge in [0.25, 0.3) is 10.2 Å². The maximum Gasteiger partial charge on any atom is 0.279 e. The van der Waals surface area contributed by atoms with Gasteiger partial charge in [-0.2, -0.15) is 12.7 Å². The Hall–Kier alpha value is -1.03. The Morgan fingerprint density at radius 2 is 2.15 bits per heavy atom. The minimum atomic E-state index is -3.44. The summed E-state index contributed by atoms with van der Waals surface area (Å²) in [4.78, 5) is 0. The molecule has 9 heteroatoms. The molecular weight excluding hydrogens is 282 g/mol. The number of nitrogens with one attached hydrogen (secondary N) is 1. The van der Waals surface area contributed by atoms with Crippen molar-refractivity contribution in [1.29, 1.82) is 0 Å². The maximum absolute atomic E-state index is 12.1. The number of nitrogens with zero attached hydrogens (tertiary/aromatic N) is 4. The van der Waals surface area contributed by atoms with Gasteiger partial charge in [-0.05, 0) is 18.8 Å². The van der Waals surface area contributed by atoms with Gasteiger partial charge < -0.3 is 9.67 Å². The maximum atomic E-state index is 12.1. The molecule has 1 aliphatic rings. The highest BCUT2D eigenvalue weighted by molar-refractivity contribution is 7.87. The monoisotopic (exact) mass is 303 g/mol. The first kappa shape index (κ1) is 15.4. The molecule has 0 radical (unpaired) electrons. The highest BCUT2D eigenvalue weighted by Gasteiger charge is 2.27. The van der Waals surface area contributed by atoms with Crippen molar-refractivity contribution in [3.05, 3.63) is 12.2 Å². The molecule has 2 N–H and O–H groups in total. The second kappa shape index (κ2) is 6.61. The fourth-order valence-corrected chi connectivity index (χ4v) is 3.48. The lowest BCUT2D eigenvalue weighted by Crippen LogP contribution is -2.45. The summed E-state index contributed by atoms with van der Waals surface area (Å²) in [7, 11) is -1.61. The summed E-state index contributed by atoms with van der Waals surface area (Å²) in [6.45, 7) is 1.36. The van der Waals surface area contributed by atoms with E-state index in [1.807, 2.05) is 7.05 Å². The second-order valence-electron chi connectivity index (χ2n) is 5.03. The Balaban J connectivity index is 1.81. The van der Waals surface area contributed by atoms with Crippen LogP contribution < -0.4 is 4.72 Å². The van der Waals surface area contributed by atoms with Gasteiger partial charge in [0.15, 0.2) is 0 Å². The molecule has 0 spiro atoms. The Bertz CT molecular complexity index is 522. The molecule has 0 atom stereocenters. The van der Waals surface area contributed by atoms with Crippen LogP contribution in [0.4, 0.5) is 0 Å². The Kier molecular flexibility index (Phi) is 5.08. The van der Waals surface area contributed by atoms with E-state index in [1.165, 1.54) is 4.31 Å². The summed E-state index contributed by atoms with van der Waals surface area (Å²) in [6, 6.07) is 0. The van der Waals surface area contributed by atoms with Gasteiger partial charge in [-0.3, -0.25) is 0 Å². The molecule has 0 bridgehead atoms. The van der Waals surface area contributed by atoms with E-state index in [0.717, 1.165) is 5.82 Å². The number of piperidine rings is 1. The predicted molar refractivity (Wildman–Crippen MR) is 73.0 cm³/mol. The summed E-state index contributed by atoms with van der Waals surface area (Å²) in [6.07, 6.45) is 3.51. The van der Waals surface area contributed by atoms with Crippen LogP contribution >= 0.6 is 0 Å². The van der Waals surface area contributed by atoms with E-state index in [0.29, 0.717) is 38.9 Å². The van der Waals surface area contributed by atoms with Crippen LogP contribution in [0.2, 0.25) is 0 Å². The smallest absolute Gasteiger partial charge is 0.279 e. The lowest BCUT2D eigenvalue weighted by Gasteiger charge is -2.30. The zero-order valence-corrected chi connectivity index (χ0v) is 12.4. The van der Waals surface area contributed by atoms with Gasteiger partial charge >= 0.3 is 0 Å². The van der Waals surface area contributed by atoms with Gasteiger partial charge in [-0.1, -0.05) is 0 Å². The van der Waals surface area contributed by atoms with Crippen LogP contribution in [0.15, 0.2) is 6.33 Å². The molecule has 1 aliphatic heterocycles. The van der Waals surface area contributed by atoms with Crippen LogP contribution in [-0.2, 0) is 23.7 Å². The van der Waals surface area contributed by atoms with Gasteiger partial charge in [0.05, 0.1) is 0 Å². The van der Waals surface area contributed by atoms with Gasteiger partial charge in [-0.15, -0.1) is 10.2 Å². The SMILES string of the molecule is Cn1cnnc1CCNS(=O)(=O)N1CCC(CO)CC1. The van der Waals surface area contributed by atoms with Gasteiger partial charge in [0.1, 0.15) is 12.2 Å². The largest absolute Gasteiger partial charge is 0.396 e. The molecule has 1 saturated heterocycles. The number of rotatable bonds is 6. The fourth-order valence-electron chi connectivity index (χ4n) is 2.25. The van der Waals surface area contributed by atoms with E-state index in [1.54, 1.807) is 10.9 Å². The highest BCUT2D eigenvalue weighted by atomic mass is 32.2. The van der Waals surface area contributed by atoms with E-state index < -0.39 is 10.2 Å². The quantitative estimate of drug-likeness (QED) is 0.694. The highest BCUT2D eigenvalue weighted by Crippen LogP contribution is 2.18. The van der Waals surface area contributed by atoms with Gasteiger partial charge in [0, 0.05) is 39.7 Å². The van der Waals surface area contributed by atoms with Crippen molar-refractivity contribution in [2.45, 2.75) is 19.3 Å². The third-order valence-corrected chi connectivity index (χ3v) is 5.22. The van der Waals surface area contributed by atoms with E-state index >= 15 is 0 Å². The summed E-state index contributed by atoms with van der Waals surface area (Å²) in [5.74, 6) is 0.965. The Labute approximate surface area is 119 Å². The average molecular weight is 303 g/mol. The van der Waals surface area contributed by atoms with Crippen molar-refractivity contribution < 1.29 is 13.5 Å². The summed E-state index contributed by atoms with van der Waals surface area (Å²) in [5, 5.41) is 16.7. The molecule has 2 heterocycles. The number of aromatic nitrogens is 3. The number of hydrogen-bond acceptors (Lipinski definition) is 5. The van der Waals surface area contributed by atoms with Crippen molar-refractivity contribution in [3.63, 3.8) is 0 Å². The molecule has 0 aliphatic carbocycles. The van der Waals surface area contributed by atoms with Crippen LogP contribution in [0, 0.1) is 5.92 Å². The molecule has 2 rings (SSSR count). The first-order chi connectivity index (χ1) is 9.53. The van der Waals surface area contributed by atoms with Gasteiger partial charge in [-0.25, -0.2) is 4.72 Å². The number of aliphatic hydroxyl groups is 1. The molecule has 114 valence electrons. The van der Waals surface area contributed by atoms with Crippen molar-refractivity contribution in [2.75, 3.05) is 26.2 Å². The third kappa shape index (κ3) is 3.75. The van der Waals surface area contributed by atoms with E-state index in [2.05, 4.69) is 14.9 Å². The first-order valence-electron chi connectivity index (χ1n) is 6.71. The fraction of sp³-hybridized carbons (Fsp3) is 0.818. The Morgan fingerprint density at radius 3 is 2.70 bits per heavy atom. The van der Waals surface area contributed by atoms with Crippen LogP contribution in [-0.4, -0.2) is 58.8 Å². The molecule has 0 aromatic carbocycles. The molecule has 1 fully saturated rings. The van der Waals surface area contributed by atoms with Crippen LogP contribution in [0.5, 0.6) is 0 Å².